The Hall–Kier alpha value is -3.31. The number of furan rings is 1. The summed E-state index contributed by atoms with van der Waals surface area (Å²) in [6, 6.07) is 12.3. The maximum atomic E-state index is 12.9. The Morgan fingerprint density at radius 3 is 2.33 bits per heavy atom. The molecule has 7 nitrogen and oxygen atoms in total. The number of rotatable bonds is 8. The van der Waals surface area contributed by atoms with Crippen molar-refractivity contribution in [2.75, 3.05) is 25.4 Å². The topological polar surface area (TPSA) is 91.7 Å². The van der Waals surface area contributed by atoms with Gasteiger partial charge in [-0.1, -0.05) is 6.07 Å². The first-order valence-electron chi connectivity index (χ1n) is 9.75. The molecule has 3 rings (SSSR count). The summed E-state index contributed by atoms with van der Waals surface area (Å²) < 4.78 is 71.2. The van der Waals surface area contributed by atoms with Crippen molar-refractivity contribution in [1.82, 2.24) is 10.2 Å². The van der Waals surface area contributed by atoms with Gasteiger partial charge in [-0.2, -0.15) is 13.2 Å². The van der Waals surface area contributed by atoms with E-state index in [0.29, 0.717) is 11.8 Å². The van der Waals surface area contributed by atoms with Crippen LogP contribution in [-0.2, 0) is 16.2 Å². The Morgan fingerprint density at radius 2 is 1.76 bits per heavy atom. The van der Waals surface area contributed by atoms with Gasteiger partial charge in [0.2, 0.25) is 0 Å². The fourth-order valence-corrected chi connectivity index (χ4v) is 4.12. The summed E-state index contributed by atoms with van der Waals surface area (Å²) in [6.45, 7) is 0.260. The molecule has 0 aliphatic heterocycles. The highest BCUT2D eigenvalue weighted by Gasteiger charge is 2.30. The van der Waals surface area contributed by atoms with Gasteiger partial charge in [0.05, 0.1) is 22.8 Å². The van der Waals surface area contributed by atoms with E-state index in [1.807, 2.05) is 19.0 Å². The standard InChI is InChI=1S/C22H22F3N3O4S/c1-28(2)19(20-7-4-12-32-20)14-26-21(29)15-8-10-18(11-9-15)33(30,31)27-17-6-3-5-16(13-17)22(23,24)25/h3-13,19,27H,14H2,1-2H3,(H,26,29)/t19-/m1/s1. The number of benzene rings is 2. The zero-order chi connectivity index (χ0) is 24.2. The Balaban J connectivity index is 1.68. The average molecular weight is 481 g/mol. The van der Waals surface area contributed by atoms with E-state index in [9.17, 15) is 26.4 Å². The van der Waals surface area contributed by atoms with E-state index in [0.717, 1.165) is 12.1 Å². The molecule has 3 aromatic rings. The SMILES string of the molecule is CN(C)[C@H](CNC(=O)c1ccc(S(=O)(=O)Nc2cccc(C(F)(F)F)c2)cc1)c1ccco1. The molecule has 0 bridgehead atoms. The molecular formula is C22H22F3N3O4S. The molecule has 0 aliphatic rings. The molecule has 0 fully saturated rings. The highest BCUT2D eigenvalue weighted by atomic mass is 32.2. The van der Waals surface area contributed by atoms with Crippen molar-refractivity contribution in [1.29, 1.82) is 0 Å². The second kappa shape index (κ2) is 9.67. The van der Waals surface area contributed by atoms with Gasteiger partial charge >= 0.3 is 6.18 Å². The average Bonchev–Trinajstić information content (AvgIpc) is 3.27. The van der Waals surface area contributed by atoms with Gasteiger partial charge < -0.3 is 9.73 Å². The van der Waals surface area contributed by atoms with Crippen molar-refractivity contribution in [2.45, 2.75) is 17.1 Å². The molecular weight excluding hydrogens is 459 g/mol. The van der Waals surface area contributed by atoms with E-state index >= 15 is 0 Å². The fraction of sp³-hybridized carbons (Fsp3) is 0.227. The molecule has 0 unspecified atom stereocenters. The van der Waals surface area contributed by atoms with Gasteiger partial charge in [0.25, 0.3) is 15.9 Å². The van der Waals surface area contributed by atoms with Crippen LogP contribution in [-0.4, -0.2) is 39.9 Å². The Morgan fingerprint density at radius 1 is 1.06 bits per heavy atom. The molecule has 0 saturated heterocycles. The van der Waals surface area contributed by atoms with E-state index in [1.54, 1.807) is 18.4 Å². The van der Waals surface area contributed by atoms with Crippen molar-refractivity contribution in [3.63, 3.8) is 0 Å². The van der Waals surface area contributed by atoms with Crippen molar-refractivity contribution in [2.24, 2.45) is 0 Å². The van der Waals surface area contributed by atoms with Crippen LogP contribution in [0.3, 0.4) is 0 Å². The number of hydrogen-bond acceptors (Lipinski definition) is 5. The highest BCUT2D eigenvalue weighted by molar-refractivity contribution is 7.92. The predicted octanol–water partition coefficient (Wildman–Crippen LogP) is 4.13. The fourth-order valence-electron chi connectivity index (χ4n) is 3.07. The maximum Gasteiger partial charge on any atom is 0.416 e. The maximum absolute atomic E-state index is 12.9. The molecule has 1 amide bonds. The molecule has 1 heterocycles. The van der Waals surface area contributed by atoms with Crippen LogP contribution in [0.1, 0.15) is 27.7 Å². The Bertz CT molecular complexity index is 1190. The van der Waals surface area contributed by atoms with Crippen molar-refractivity contribution in [3.8, 4) is 0 Å². The summed E-state index contributed by atoms with van der Waals surface area (Å²) >= 11 is 0. The second-order valence-corrected chi connectivity index (χ2v) is 9.10. The van der Waals surface area contributed by atoms with E-state index in [2.05, 4.69) is 10.0 Å². The number of hydrogen-bond donors (Lipinski definition) is 2. The van der Waals surface area contributed by atoms with Crippen LogP contribution in [0, 0.1) is 0 Å². The number of nitrogens with one attached hydrogen (secondary N) is 2. The molecule has 1 atom stereocenters. The predicted molar refractivity (Wildman–Crippen MR) is 116 cm³/mol. The lowest BCUT2D eigenvalue weighted by molar-refractivity contribution is -0.137. The van der Waals surface area contributed by atoms with Gasteiger partial charge in [-0.3, -0.25) is 14.4 Å². The summed E-state index contributed by atoms with van der Waals surface area (Å²) in [5.74, 6) is 0.269. The monoisotopic (exact) mass is 481 g/mol. The van der Waals surface area contributed by atoms with Crippen LogP contribution in [0.5, 0.6) is 0 Å². The lowest BCUT2D eigenvalue weighted by Crippen LogP contribution is -2.34. The summed E-state index contributed by atoms with van der Waals surface area (Å²) in [4.78, 5) is 14.2. The number of sulfonamides is 1. The lowest BCUT2D eigenvalue weighted by Gasteiger charge is -2.22. The van der Waals surface area contributed by atoms with Crippen molar-refractivity contribution in [3.05, 3.63) is 83.8 Å². The molecule has 1 aromatic heterocycles. The summed E-state index contributed by atoms with van der Waals surface area (Å²) in [5, 5.41) is 2.77. The number of alkyl halides is 3. The molecule has 0 aliphatic carbocycles. The highest BCUT2D eigenvalue weighted by Crippen LogP contribution is 2.31. The smallest absolute Gasteiger partial charge is 0.416 e. The number of carbonyl (C=O) groups excluding carboxylic acids is 1. The van der Waals surface area contributed by atoms with E-state index in [1.165, 1.54) is 30.3 Å². The minimum absolute atomic E-state index is 0.194. The van der Waals surface area contributed by atoms with Crippen LogP contribution < -0.4 is 10.0 Å². The van der Waals surface area contributed by atoms with Crippen LogP contribution in [0.4, 0.5) is 18.9 Å². The third-order valence-corrected chi connectivity index (χ3v) is 6.22. The number of likely N-dealkylation sites (N-methyl/N-ethyl adjacent to an activating group) is 1. The zero-order valence-electron chi connectivity index (χ0n) is 17.8. The van der Waals surface area contributed by atoms with Crippen LogP contribution in [0.2, 0.25) is 0 Å². The number of halogens is 3. The zero-order valence-corrected chi connectivity index (χ0v) is 18.6. The van der Waals surface area contributed by atoms with Crippen molar-refractivity contribution < 1.29 is 30.8 Å². The summed E-state index contributed by atoms with van der Waals surface area (Å²) in [6.07, 6.45) is -3.06. The van der Waals surface area contributed by atoms with Crippen LogP contribution in [0.25, 0.3) is 0 Å². The molecule has 33 heavy (non-hydrogen) atoms. The number of nitrogens with zero attached hydrogens (tertiary/aromatic N) is 1. The van der Waals surface area contributed by atoms with Gasteiger partial charge in [0.1, 0.15) is 5.76 Å². The number of anilines is 1. The second-order valence-electron chi connectivity index (χ2n) is 7.41. The van der Waals surface area contributed by atoms with E-state index < -0.39 is 27.7 Å². The Kier molecular flexibility index (Phi) is 7.13. The largest absolute Gasteiger partial charge is 0.468 e. The van der Waals surface area contributed by atoms with E-state index in [4.69, 9.17) is 4.42 Å². The number of amides is 1. The molecule has 0 spiro atoms. The molecule has 11 heteroatoms. The van der Waals surface area contributed by atoms with E-state index in [-0.39, 0.29) is 28.7 Å². The van der Waals surface area contributed by atoms with Crippen LogP contribution >= 0.6 is 0 Å². The van der Waals surface area contributed by atoms with Crippen molar-refractivity contribution >= 4 is 21.6 Å². The van der Waals surface area contributed by atoms with Gasteiger partial charge in [-0.15, -0.1) is 0 Å². The number of carbonyl (C=O) groups is 1. The minimum atomic E-state index is -4.60. The third kappa shape index (κ3) is 6.14. The van der Waals surface area contributed by atoms with Gasteiger partial charge in [0, 0.05) is 17.8 Å². The molecule has 176 valence electrons. The van der Waals surface area contributed by atoms with Gasteiger partial charge in [-0.05, 0) is 68.7 Å². The lowest BCUT2D eigenvalue weighted by atomic mass is 10.2. The first-order chi connectivity index (χ1) is 15.5. The third-order valence-electron chi connectivity index (χ3n) is 4.82. The molecule has 0 saturated carbocycles. The van der Waals surface area contributed by atoms with Gasteiger partial charge in [-0.25, -0.2) is 8.42 Å². The molecule has 2 aromatic carbocycles. The minimum Gasteiger partial charge on any atom is -0.468 e. The quantitative estimate of drug-likeness (QED) is 0.505. The normalized spacial score (nSPS) is 13.0. The van der Waals surface area contributed by atoms with Crippen LogP contribution in [0.15, 0.2) is 76.2 Å². The van der Waals surface area contributed by atoms with Gasteiger partial charge in [0.15, 0.2) is 0 Å². The first kappa shape index (κ1) is 24.3. The molecule has 0 radical (unpaired) electrons. The summed E-state index contributed by atoms with van der Waals surface area (Å²) in [7, 11) is -0.465. The summed E-state index contributed by atoms with van der Waals surface area (Å²) in [5.41, 5.74) is -0.968. The molecule has 2 N–H and O–H groups in total. The Labute approximate surface area is 189 Å². The first-order valence-corrected chi connectivity index (χ1v) is 11.2.